The predicted molar refractivity (Wildman–Crippen MR) is 114 cm³/mol. The lowest BCUT2D eigenvalue weighted by atomic mass is 10.2. The summed E-state index contributed by atoms with van der Waals surface area (Å²) in [4.78, 5) is 22.0. The number of benzene rings is 1. The maximum absolute atomic E-state index is 13.2. The largest absolute Gasteiger partial charge is 0.379 e. The van der Waals surface area contributed by atoms with E-state index in [1.807, 2.05) is 13.0 Å². The number of hydrogen-bond donors (Lipinski definition) is 0. The van der Waals surface area contributed by atoms with Crippen LogP contribution >= 0.6 is 11.3 Å². The van der Waals surface area contributed by atoms with Gasteiger partial charge in [0.25, 0.3) is 5.91 Å². The molecule has 29 heavy (non-hydrogen) atoms. The molecule has 0 aliphatic carbocycles. The van der Waals surface area contributed by atoms with Gasteiger partial charge in [-0.3, -0.25) is 14.6 Å². The molecule has 0 spiro atoms. The first-order chi connectivity index (χ1) is 14.1. The summed E-state index contributed by atoms with van der Waals surface area (Å²) in [6.45, 7) is 8.88. The molecule has 1 aliphatic heterocycles. The number of carbonyl (C=O) groups is 1. The molecule has 154 valence electrons. The number of thiazole rings is 1. The Balaban J connectivity index is 1.56. The van der Waals surface area contributed by atoms with Gasteiger partial charge in [-0.25, -0.2) is 4.98 Å². The van der Waals surface area contributed by atoms with Crippen LogP contribution in [0.25, 0.3) is 10.2 Å². The number of hydrogen-bond acceptors (Lipinski definition) is 7. The number of nitrogens with zero attached hydrogens (tertiary/aromatic N) is 4. The third-order valence-electron chi connectivity index (χ3n) is 5.12. The topological polar surface area (TPSA) is 71.7 Å². The van der Waals surface area contributed by atoms with Gasteiger partial charge in [0.2, 0.25) is 5.76 Å². The Labute approximate surface area is 174 Å². The molecular weight excluding hydrogens is 388 g/mol. The zero-order chi connectivity index (χ0) is 20.2. The highest BCUT2D eigenvalue weighted by molar-refractivity contribution is 7.22. The Morgan fingerprint density at radius 3 is 2.83 bits per heavy atom. The van der Waals surface area contributed by atoms with E-state index in [4.69, 9.17) is 14.2 Å². The van der Waals surface area contributed by atoms with E-state index < -0.39 is 0 Å². The number of anilines is 1. The van der Waals surface area contributed by atoms with Crippen LogP contribution in [-0.4, -0.2) is 60.3 Å². The highest BCUT2D eigenvalue weighted by Crippen LogP contribution is 2.31. The Morgan fingerprint density at radius 1 is 1.28 bits per heavy atom. The second-order valence-corrected chi connectivity index (χ2v) is 8.26. The standard InChI is InChI=1S/C21H26N4O3S/c1-3-16-5-6-17-19(14-16)29-21(22-17)25(20(26)18-13-15(2)23-28-18)8-4-7-24-9-11-27-12-10-24/h5-6,13-14H,3-4,7-12H2,1-2H3. The summed E-state index contributed by atoms with van der Waals surface area (Å²) in [5.41, 5.74) is 2.88. The molecule has 0 atom stereocenters. The molecule has 1 aromatic carbocycles. The number of aromatic nitrogens is 2. The maximum atomic E-state index is 13.2. The minimum absolute atomic E-state index is 0.192. The molecule has 1 aliphatic rings. The Bertz CT molecular complexity index is 977. The van der Waals surface area contributed by atoms with Crippen molar-refractivity contribution < 1.29 is 14.1 Å². The van der Waals surface area contributed by atoms with E-state index in [1.54, 1.807) is 22.3 Å². The quantitative estimate of drug-likeness (QED) is 0.589. The van der Waals surface area contributed by atoms with E-state index >= 15 is 0 Å². The molecule has 8 heteroatoms. The lowest BCUT2D eigenvalue weighted by Crippen LogP contribution is -2.39. The molecule has 0 saturated carbocycles. The fraction of sp³-hybridized carbons (Fsp3) is 0.476. The maximum Gasteiger partial charge on any atom is 0.298 e. The molecule has 2 aromatic heterocycles. The van der Waals surface area contributed by atoms with Crippen molar-refractivity contribution >= 4 is 32.6 Å². The van der Waals surface area contributed by atoms with E-state index in [-0.39, 0.29) is 11.7 Å². The predicted octanol–water partition coefficient (Wildman–Crippen LogP) is 3.52. The van der Waals surface area contributed by atoms with Crippen LogP contribution in [0.2, 0.25) is 0 Å². The first-order valence-corrected chi connectivity index (χ1v) is 10.9. The monoisotopic (exact) mass is 414 g/mol. The van der Waals surface area contributed by atoms with Gasteiger partial charge in [0, 0.05) is 32.2 Å². The fourth-order valence-electron chi connectivity index (χ4n) is 3.45. The summed E-state index contributed by atoms with van der Waals surface area (Å²) in [6, 6.07) is 7.96. The Kier molecular flexibility index (Phi) is 6.22. The number of aryl methyl sites for hydroxylation is 2. The van der Waals surface area contributed by atoms with Crippen molar-refractivity contribution in [3.63, 3.8) is 0 Å². The molecule has 1 amide bonds. The molecule has 0 radical (unpaired) electrons. The van der Waals surface area contributed by atoms with Crippen molar-refractivity contribution in [3.05, 3.63) is 41.3 Å². The molecule has 7 nitrogen and oxygen atoms in total. The molecule has 1 saturated heterocycles. The molecular formula is C21H26N4O3S. The number of amides is 1. The van der Waals surface area contributed by atoms with Gasteiger partial charge in [-0.15, -0.1) is 0 Å². The summed E-state index contributed by atoms with van der Waals surface area (Å²) in [5, 5.41) is 4.57. The second kappa shape index (κ2) is 9.02. The highest BCUT2D eigenvalue weighted by atomic mass is 32.1. The lowest BCUT2D eigenvalue weighted by molar-refractivity contribution is 0.0376. The van der Waals surface area contributed by atoms with E-state index in [1.165, 1.54) is 5.56 Å². The van der Waals surface area contributed by atoms with Gasteiger partial charge < -0.3 is 9.26 Å². The average molecular weight is 415 g/mol. The molecule has 3 aromatic rings. The van der Waals surface area contributed by atoms with Crippen LogP contribution in [0.15, 0.2) is 28.8 Å². The van der Waals surface area contributed by atoms with Crippen molar-refractivity contribution in [1.82, 2.24) is 15.0 Å². The molecule has 3 heterocycles. The first-order valence-electron chi connectivity index (χ1n) is 10.1. The summed E-state index contributed by atoms with van der Waals surface area (Å²) in [5.74, 6) is 0.0599. The summed E-state index contributed by atoms with van der Waals surface area (Å²) >= 11 is 1.55. The van der Waals surface area contributed by atoms with Crippen molar-refractivity contribution in [3.8, 4) is 0 Å². The van der Waals surface area contributed by atoms with Gasteiger partial charge in [0.05, 0.1) is 29.1 Å². The number of morpholine rings is 1. The van der Waals surface area contributed by atoms with Crippen LogP contribution < -0.4 is 4.90 Å². The third kappa shape index (κ3) is 4.66. The Hall–Kier alpha value is -2.29. The van der Waals surface area contributed by atoms with Gasteiger partial charge in [-0.05, 0) is 37.5 Å². The van der Waals surface area contributed by atoms with Gasteiger partial charge in [-0.2, -0.15) is 0 Å². The molecule has 0 bridgehead atoms. The molecule has 0 unspecified atom stereocenters. The summed E-state index contributed by atoms with van der Waals surface area (Å²) in [7, 11) is 0. The molecule has 1 fully saturated rings. The summed E-state index contributed by atoms with van der Waals surface area (Å²) < 4.78 is 11.8. The van der Waals surface area contributed by atoms with E-state index in [0.29, 0.717) is 17.4 Å². The Morgan fingerprint density at radius 2 is 2.10 bits per heavy atom. The second-order valence-electron chi connectivity index (χ2n) is 7.25. The zero-order valence-corrected chi connectivity index (χ0v) is 17.7. The minimum Gasteiger partial charge on any atom is -0.379 e. The van der Waals surface area contributed by atoms with Crippen molar-refractivity contribution in [2.45, 2.75) is 26.7 Å². The molecule has 4 rings (SSSR count). The average Bonchev–Trinajstić information content (AvgIpc) is 3.37. The van der Waals surface area contributed by atoms with Crippen LogP contribution in [0.3, 0.4) is 0 Å². The van der Waals surface area contributed by atoms with E-state index in [2.05, 4.69) is 29.1 Å². The lowest BCUT2D eigenvalue weighted by Gasteiger charge is -2.27. The zero-order valence-electron chi connectivity index (χ0n) is 16.9. The van der Waals surface area contributed by atoms with Crippen LogP contribution in [0.4, 0.5) is 5.13 Å². The first kappa shape index (κ1) is 20.0. The van der Waals surface area contributed by atoms with Crippen molar-refractivity contribution in [2.24, 2.45) is 0 Å². The number of rotatable bonds is 7. The van der Waals surface area contributed by atoms with Gasteiger partial charge in [0.1, 0.15) is 0 Å². The third-order valence-corrected chi connectivity index (χ3v) is 6.17. The van der Waals surface area contributed by atoms with Crippen LogP contribution in [0.5, 0.6) is 0 Å². The number of fused-ring (bicyclic) bond motifs is 1. The van der Waals surface area contributed by atoms with Crippen LogP contribution in [0, 0.1) is 6.92 Å². The van der Waals surface area contributed by atoms with Crippen LogP contribution in [0.1, 0.15) is 35.2 Å². The fourth-order valence-corrected chi connectivity index (χ4v) is 4.50. The molecule has 0 N–H and O–H groups in total. The van der Waals surface area contributed by atoms with Gasteiger partial charge in [0.15, 0.2) is 5.13 Å². The van der Waals surface area contributed by atoms with E-state index in [9.17, 15) is 4.79 Å². The number of carbonyl (C=O) groups excluding carboxylic acids is 1. The van der Waals surface area contributed by atoms with Gasteiger partial charge >= 0.3 is 0 Å². The highest BCUT2D eigenvalue weighted by Gasteiger charge is 2.25. The number of ether oxygens (including phenoxy) is 1. The van der Waals surface area contributed by atoms with Crippen LogP contribution in [-0.2, 0) is 11.2 Å². The normalized spacial score (nSPS) is 15.1. The van der Waals surface area contributed by atoms with Gasteiger partial charge in [-0.1, -0.05) is 29.5 Å². The van der Waals surface area contributed by atoms with E-state index in [0.717, 1.165) is 55.9 Å². The smallest absolute Gasteiger partial charge is 0.298 e. The van der Waals surface area contributed by atoms with Crippen molar-refractivity contribution in [2.75, 3.05) is 44.3 Å². The minimum atomic E-state index is -0.192. The SMILES string of the molecule is CCc1ccc2nc(N(CCCN3CCOCC3)C(=O)c3cc(C)no3)sc2c1. The summed E-state index contributed by atoms with van der Waals surface area (Å²) in [6.07, 6.45) is 1.83. The van der Waals surface area contributed by atoms with Crippen molar-refractivity contribution in [1.29, 1.82) is 0 Å².